The SMILES string of the molecule is COc1ccc(Br)cc1/C=C/C(=O)c1ccc(OCC(=O)O)cc1. The van der Waals surface area contributed by atoms with E-state index >= 15 is 0 Å². The van der Waals surface area contributed by atoms with E-state index in [-0.39, 0.29) is 5.78 Å². The normalized spacial score (nSPS) is 10.6. The van der Waals surface area contributed by atoms with Crippen LogP contribution >= 0.6 is 15.9 Å². The molecular formula is C18H15BrO5. The Morgan fingerprint density at radius 3 is 2.50 bits per heavy atom. The number of carbonyl (C=O) groups excluding carboxylic acids is 1. The molecule has 5 nitrogen and oxygen atoms in total. The van der Waals surface area contributed by atoms with Gasteiger partial charge in [0.1, 0.15) is 11.5 Å². The molecule has 24 heavy (non-hydrogen) atoms. The molecule has 0 atom stereocenters. The minimum absolute atomic E-state index is 0.179. The smallest absolute Gasteiger partial charge is 0.341 e. The molecule has 0 unspecified atom stereocenters. The highest BCUT2D eigenvalue weighted by Crippen LogP contribution is 2.24. The third-order valence-corrected chi connectivity index (χ3v) is 3.60. The summed E-state index contributed by atoms with van der Waals surface area (Å²) >= 11 is 3.38. The van der Waals surface area contributed by atoms with Crippen LogP contribution in [0.4, 0.5) is 0 Å². The van der Waals surface area contributed by atoms with Gasteiger partial charge < -0.3 is 14.6 Å². The highest BCUT2D eigenvalue weighted by Gasteiger charge is 2.05. The minimum atomic E-state index is -1.05. The Morgan fingerprint density at radius 2 is 1.88 bits per heavy atom. The number of carbonyl (C=O) groups is 2. The van der Waals surface area contributed by atoms with E-state index in [0.717, 1.165) is 10.0 Å². The molecule has 0 saturated heterocycles. The number of methoxy groups -OCH3 is 1. The largest absolute Gasteiger partial charge is 0.496 e. The Bertz CT molecular complexity index is 765. The lowest BCUT2D eigenvalue weighted by Crippen LogP contribution is -2.09. The van der Waals surface area contributed by atoms with Gasteiger partial charge in [0.25, 0.3) is 0 Å². The number of carboxylic acids is 1. The lowest BCUT2D eigenvalue weighted by molar-refractivity contribution is -0.139. The molecule has 0 fully saturated rings. The third kappa shape index (κ3) is 4.96. The van der Waals surface area contributed by atoms with Crippen LogP contribution in [0.25, 0.3) is 6.08 Å². The first-order valence-corrected chi connectivity index (χ1v) is 7.79. The summed E-state index contributed by atoms with van der Waals surface area (Å²) in [5.74, 6) is -0.172. The number of ether oxygens (including phenoxy) is 2. The molecule has 0 aliphatic rings. The number of hydrogen-bond acceptors (Lipinski definition) is 4. The number of ketones is 1. The van der Waals surface area contributed by atoms with E-state index in [0.29, 0.717) is 17.1 Å². The van der Waals surface area contributed by atoms with Gasteiger partial charge in [0.2, 0.25) is 0 Å². The summed E-state index contributed by atoms with van der Waals surface area (Å²) in [6.45, 7) is -0.421. The van der Waals surface area contributed by atoms with Crippen molar-refractivity contribution < 1.29 is 24.2 Å². The standard InChI is InChI=1S/C18H15BrO5/c1-23-17-9-5-14(19)10-13(17)4-8-16(20)12-2-6-15(7-3-12)24-11-18(21)22/h2-10H,11H2,1H3,(H,21,22)/b8-4+. The number of rotatable bonds is 7. The quantitative estimate of drug-likeness (QED) is 0.574. The van der Waals surface area contributed by atoms with Gasteiger partial charge in [-0.3, -0.25) is 4.79 Å². The second kappa shape index (κ2) is 8.31. The molecule has 0 aromatic heterocycles. The molecule has 0 radical (unpaired) electrons. The Kier molecular flexibility index (Phi) is 6.14. The monoisotopic (exact) mass is 390 g/mol. The highest BCUT2D eigenvalue weighted by atomic mass is 79.9. The first-order chi connectivity index (χ1) is 11.5. The first-order valence-electron chi connectivity index (χ1n) is 7.00. The summed E-state index contributed by atoms with van der Waals surface area (Å²) in [6.07, 6.45) is 3.14. The Morgan fingerprint density at radius 1 is 1.17 bits per heavy atom. The molecule has 2 rings (SSSR count). The lowest BCUT2D eigenvalue weighted by Gasteiger charge is -2.05. The van der Waals surface area contributed by atoms with Crippen molar-refractivity contribution in [1.29, 1.82) is 0 Å². The molecule has 2 aromatic carbocycles. The van der Waals surface area contributed by atoms with Crippen LogP contribution in [0, 0.1) is 0 Å². The van der Waals surface area contributed by atoms with Gasteiger partial charge in [-0.05, 0) is 54.6 Å². The van der Waals surface area contributed by atoms with Crippen LogP contribution in [0.1, 0.15) is 15.9 Å². The van der Waals surface area contributed by atoms with Crippen LogP contribution in [-0.4, -0.2) is 30.6 Å². The van der Waals surface area contributed by atoms with Crippen LogP contribution < -0.4 is 9.47 Å². The molecule has 0 heterocycles. The zero-order valence-corrected chi connectivity index (χ0v) is 14.4. The van der Waals surface area contributed by atoms with Crippen LogP contribution in [0.3, 0.4) is 0 Å². The van der Waals surface area contributed by atoms with Crippen LogP contribution in [0.5, 0.6) is 11.5 Å². The van der Waals surface area contributed by atoms with Gasteiger partial charge in [0.05, 0.1) is 7.11 Å². The Balaban J connectivity index is 2.09. The lowest BCUT2D eigenvalue weighted by atomic mass is 10.1. The van der Waals surface area contributed by atoms with Crippen molar-refractivity contribution in [2.24, 2.45) is 0 Å². The average Bonchev–Trinajstić information content (AvgIpc) is 2.58. The number of halogens is 1. The molecule has 0 amide bonds. The number of hydrogen-bond donors (Lipinski definition) is 1. The molecule has 0 aliphatic heterocycles. The van der Waals surface area contributed by atoms with E-state index in [9.17, 15) is 9.59 Å². The Labute approximate surface area is 147 Å². The van der Waals surface area contributed by atoms with Gasteiger partial charge in [-0.1, -0.05) is 15.9 Å². The number of benzene rings is 2. The van der Waals surface area contributed by atoms with E-state index in [1.54, 1.807) is 37.5 Å². The van der Waals surface area contributed by atoms with Gasteiger partial charge >= 0.3 is 5.97 Å². The van der Waals surface area contributed by atoms with E-state index in [1.165, 1.54) is 6.08 Å². The fourth-order valence-corrected chi connectivity index (χ4v) is 2.34. The van der Waals surface area contributed by atoms with Crippen molar-refractivity contribution in [3.63, 3.8) is 0 Å². The van der Waals surface area contributed by atoms with E-state index in [1.807, 2.05) is 18.2 Å². The van der Waals surface area contributed by atoms with Crippen molar-refractivity contribution in [2.45, 2.75) is 0 Å². The van der Waals surface area contributed by atoms with E-state index in [4.69, 9.17) is 14.6 Å². The summed E-state index contributed by atoms with van der Waals surface area (Å²) < 4.78 is 11.2. The topological polar surface area (TPSA) is 72.8 Å². The zero-order valence-electron chi connectivity index (χ0n) is 12.9. The third-order valence-electron chi connectivity index (χ3n) is 3.11. The molecule has 124 valence electrons. The maximum Gasteiger partial charge on any atom is 0.341 e. The maximum absolute atomic E-state index is 12.2. The van der Waals surface area contributed by atoms with Gasteiger partial charge in [-0.2, -0.15) is 0 Å². The van der Waals surface area contributed by atoms with E-state index < -0.39 is 12.6 Å². The van der Waals surface area contributed by atoms with Crippen molar-refractivity contribution in [2.75, 3.05) is 13.7 Å². The molecule has 0 spiro atoms. The average molecular weight is 391 g/mol. The fourth-order valence-electron chi connectivity index (χ4n) is 1.96. The second-order valence-electron chi connectivity index (χ2n) is 4.79. The van der Waals surface area contributed by atoms with Crippen molar-refractivity contribution in [1.82, 2.24) is 0 Å². The second-order valence-corrected chi connectivity index (χ2v) is 5.71. The highest BCUT2D eigenvalue weighted by molar-refractivity contribution is 9.10. The predicted molar refractivity (Wildman–Crippen MR) is 93.6 cm³/mol. The summed E-state index contributed by atoms with van der Waals surface area (Å²) in [5, 5.41) is 8.56. The summed E-state index contributed by atoms with van der Waals surface area (Å²) in [4.78, 5) is 22.6. The van der Waals surface area contributed by atoms with Crippen molar-refractivity contribution >= 4 is 33.8 Å². The molecular weight excluding hydrogens is 376 g/mol. The molecule has 0 aliphatic carbocycles. The predicted octanol–water partition coefficient (Wildman–Crippen LogP) is 3.82. The number of carboxylic acid groups (broad SMARTS) is 1. The molecule has 2 aromatic rings. The minimum Gasteiger partial charge on any atom is -0.496 e. The van der Waals surface area contributed by atoms with Gasteiger partial charge in [-0.25, -0.2) is 4.79 Å². The van der Waals surface area contributed by atoms with Crippen LogP contribution in [0.2, 0.25) is 0 Å². The van der Waals surface area contributed by atoms with Gasteiger partial charge in [-0.15, -0.1) is 0 Å². The summed E-state index contributed by atoms with van der Waals surface area (Å²) in [6, 6.07) is 11.8. The van der Waals surface area contributed by atoms with Crippen LogP contribution in [-0.2, 0) is 4.79 Å². The summed E-state index contributed by atoms with van der Waals surface area (Å²) in [5.41, 5.74) is 1.25. The van der Waals surface area contributed by atoms with Gasteiger partial charge in [0, 0.05) is 15.6 Å². The number of aliphatic carboxylic acids is 1. The maximum atomic E-state index is 12.2. The van der Waals surface area contributed by atoms with E-state index in [2.05, 4.69) is 15.9 Å². The fraction of sp³-hybridized carbons (Fsp3) is 0.111. The molecule has 1 N–H and O–H groups in total. The molecule has 6 heteroatoms. The van der Waals surface area contributed by atoms with Crippen LogP contribution in [0.15, 0.2) is 53.0 Å². The Hall–Kier alpha value is -2.60. The van der Waals surface area contributed by atoms with Crippen molar-refractivity contribution in [3.05, 3.63) is 64.1 Å². The summed E-state index contributed by atoms with van der Waals surface area (Å²) in [7, 11) is 1.57. The van der Waals surface area contributed by atoms with Gasteiger partial charge in [0.15, 0.2) is 12.4 Å². The first kappa shape index (κ1) is 17.7. The number of allylic oxidation sites excluding steroid dienone is 1. The molecule has 0 saturated carbocycles. The zero-order chi connectivity index (χ0) is 17.5. The molecule has 0 bridgehead atoms. The van der Waals surface area contributed by atoms with Crippen molar-refractivity contribution in [3.8, 4) is 11.5 Å².